The zero-order valence-electron chi connectivity index (χ0n) is 13.6. The van der Waals surface area contributed by atoms with E-state index in [2.05, 4.69) is 5.32 Å². The van der Waals surface area contributed by atoms with Gasteiger partial charge in [-0.05, 0) is 24.7 Å². The van der Waals surface area contributed by atoms with Crippen LogP contribution in [0.5, 0.6) is 0 Å². The Hall–Kier alpha value is -2.09. The van der Waals surface area contributed by atoms with Crippen LogP contribution in [0.2, 0.25) is 0 Å². The van der Waals surface area contributed by atoms with Crippen molar-refractivity contribution >= 4 is 17.5 Å². The molecule has 0 fully saturated rings. The van der Waals surface area contributed by atoms with Gasteiger partial charge in [0.15, 0.2) is 17.5 Å². The molecule has 1 rings (SSSR count). The van der Waals surface area contributed by atoms with Gasteiger partial charge in [-0.3, -0.25) is 9.59 Å². The molecule has 0 aliphatic rings. The first-order chi connectivity index (χ1) is 11.3. The molecule has 3 N–H and O–H groups in total. The van der Waals surface area contributed by atoms with Crippen molar-refractivity contribution in [3.05, 3.63) is 29.6 Å². The number of nitrogens with one attached hydrogen (secondary N) is 2. The fourth-order valence-corrected chi connectivity index (χ4v) is 2.34. The van der Waals surface area contributed by atoms with Gasteiger partial charge in [-0.15, -0.1) is 0 Å². The largest absolute Gasteiger partial charge is 0.396 e. The minimum Gasteiger partial charge on any atom is -0.396 e. The molecule has 0 aromatic heterocycles. The zero-order valence-corrected chi connectivity index (χ0v) is 13.6. The Morgan fingerprint density at radius 2 is 1.62 bits per heavy atom. The van der Waals surface area contributed by atoms with E-state index in [9.17, 15) is 22.8 Å². The van der Waals surface area contributed by atoms with E-state index in [0.717, 1.165) is 0 Å². The highest BCUT2D eigenvalue weighted by atomic mass is 19.2. The van der Waals surface area contributed by atoms with Crippen LogP contribution in [0.4, 0.5) is 18.9 Å². The van der Waals surface area contributed by atoms with Gasteiger partial charge in [0.1, 0.15) is 0 Å². The maximum atomic E-state index is 13.1. The highest BCUT2D eigenvalue weighted by Gasteiger charge is 2.27. The van der Waals surface area contributed by atoms with Crippen LogP contribution in [0.25, 0.3) is 0 Å². The molecule has 0 unspecified atom stereocenters. The Balaban J connectivity index is 2.70. The summed E-state index contributed by atoms with van der Waals surface area (Å²) in [4.78, 5) is 23.6. The molecule has 0 aliphatic heterocycles. The van der Waals surface area contributed by atoms with Gasteiger partial charge in [-0.1, -0.05) is 13.8 Å². The van der Waals surface area contributed by atoms with Crippen LogP contribution < -0.4 is 10.6 Å². The van der Waals surface area contributed by atoms with Gasteiger partial charge in [-0.25, -0.2) is 13.2 Å². The number of hydrogen-bond donors (Lipinski definition) is 3. The molecule has 2 amide bonds. The van der Waals surface area contributed by atoms with Crippen LogP contribution >= 0.6 is 0 Å². The SMILES string of the molecule is CCC(CC)(CCO)CNC(=O)C(=O)Nc1cc(F)c(F)c(F)c1. The Kier molecular flexibility index (Phi) is 7.21. The predicted octanol–water partition coefficient (Wildman–Crippen LogP) is 2.35. The van der Waals surface area contributed by atoms with E-state index < -0.39 is 29.3 Å². The summed E-state index contributed by atoms with van der Waals surface area (Å²) in [7, 11) is 0. The van der Waals surface area contributed by atoms with Crippen molar-refractivity contribution in [1.29, 1.82) is 0 Å². The smallest absolute Gasteiger partial charge is 0.313 e. The standard InChI is InChI=1S/C16H21F3N2O3/c1-3-16(4-2,5-6-22)9-20-14(23)15(24)21-10-7-11(17)13(19)12(18)8-10/h7-8,22H,3-6,9H2,1-2H3,(H,20,23)(H,21,24). The van der Waals surface area contributed by atoms with Crippen LogP contribution in [0.3, 0.4) is 0 Å². The summed E-state index contributed by atoms with van der Waals surface area (Å²) < 4.78 is 39.0. The van der Waals surface area contributed by atoms with Gasteiger partial charge in [0.2, 0.25) is 0 Å². The van der Waals surface area contributed by atoms with Crippen molar-refractivity contribution < 1.29 is 27.9 Å². The Labute approximate surface area is 138 Å². The molecule has 0 heterocycles. The van der Waals surface area contributed by atoms with Crippen molar-refractivity contribution in [2.45, 2.75) is 33.1 Å². The molecule has 0 radical (unpaired) electrons. The number of anilines is 1. The fourth-order valence-electron chi connectivity index (χ4n) is 2.34. The van der Waals surface area contributed by atoms with Crippen LogP contribution in [0, 0.1) is 22.9 Å². The van der Waals surface area contributed by atoms with E-state index in [1.165, 1.54) is 0 Å². The van der Waals surface area contributed by atoms with Crippen molar-refractivity contribution in [3.63, 3.8) is 0 Å². The van der Waals surface area contributed by atoms with E-state index in [4.69, 9.17) is 5.11 Å². The summed E-state index contributed by atoms with van der Waals surface area (Å²) in [6.45, 7) is 3.96. The molecular weight excluding hydrogens is 325 g/mol. The highest BCUT2D eigenvalue weighted by Crippen LogP contribution is 2.29. The molecule has 1 aromatic rings. The Morgan fingerprint density at radius 1 is 1.08 bits per heavy atom. The van der Waals surface area contributed by atoms with Crippen molar-refractivity contribution in [1.82, 2.24) is 5.32 Å². The molecule has 0 bridgehead atoms. The molecule has 0 saturated heterocycles. The van der Waals surface area contributed by atoms with Gasteiger partial charge in [-0.2, -0.15) is 0 Å². The maximum absolute atomic E-state index is 13.1. The summed E-state index contributed by atoms with van der Waals surface area (Å²) in [5.74, 6) is -6.69. The third-order valence-electron chi connectivity index (χ3n) is 4.21. The summed E-state index contributed by atoms with van der Waals surface area (Å²) in [6.07, 6.45) is 1.86. The zero-order chi connectivity index (χ0) is 18.3. The van der Waals surface area contributed by atoms with Crippen molar-refractivity contribution in [2.24, 2.45) is 5.41 Å². The normalized spacial score (nSPS) is 11.2. The first kappa shape index (κ1) is 20.0. The number of benzene rings is 1. The molecule has 0 aliphatic carbocycles. The van der Waals surface area contributed by atoms with Crippen LogP contribution in [0.1, 0.15) is 33.1 Å². The second-order valence-electron chi connectivity index (χ2n) is 5.57. The van der Waals surface area contributed by atoms with Crippen LogP contribution in [-0.4, -0.2) is 30.1 Å². The highest BCUT2D eigenvalue weighted by molar-refractivity contribution is 6.39. The van der Waals surface area contributed by atoms with Crippen molar-refractivity contribution in [2.75, 3.05) is 18.5 Å². The molecule has 24 heavy (non-hydrogen) atoms. The van der Waals surface area contributed by atoms with Crippen LogP contribution in [-0.2, 0) is 9.59 Å². The fraction of sp³-hybridized carbons (Fsp3) is 0.500. The third-order valence-corrected chi connectivity index (χ3v) is 4.21. The molecule has 5 nitrogen and oxygen atoms in total. The van der Waals surface area contributed by atoms with E-state index in [0.29, 0.717) is 31.4 Å². The van der Waals surface area contributed by atoms with E-state index in [1.807, 2.05) is 19.2 Å². The number of hydrogen-bond acceptors (Lipinski definition) is 3. The summed E-state index contributed by atoms with van der Waals surface area (Å²) in [5, 5.41) is 13.6. The Morgan fingerprint density at radius 3 is 2.08 bits per heavy atom. The Bertz CT molecular complexity index is 581. The number of carbonyl (C=O) groups is 2. The molecule has 0 spiro atoms. The lowest BCUT2D eigenvalue weighted by molar-refractivity contribution is -0.136. The second kappa shape index (κ2) is 8.68. The number of aliphatic hydroxyl groups excluding tert-OH is 1. The lowest BCUT2D eigenvalue weighted by atomic mass is 9.79. The van der Waals surface area contributed by atoms with Gasteiger partial charge < -0.3 is 15.7 Å². The minimum atomic E-state index is -1.66. The average Bonchev–Trinajstić information content (AvgIpc) is 2.56. The number of carbonyl (C=O) groups excluding carboxylic acids is 2. The number of halogens is 3. The third kappa shape index (κ3) is 4.95. The molecule has 0 atom stereocenters. The monoisotopic (exact) mass is 346 g/mol. The summed E-state index contributed by atoms with van der Waals surface area (Å²) in [5.41, 5.74) is -0.696. The topological polar surface area (TPSA) is 78.4 Å². The number of rotatable bonds is 7. The molecule has 0 saturated carbocycles. The second-order valence-corrected chi connectivity index (χ2v) is 5.57. The average molecular weight is 346 g/mol. The lowest BCUT2D eigenvalue weighted by Gasteiger charge is -2.31. The molecular formula is C16H21F3N2O3. The minimum absolute atomic E-state index is 0.0438. The first-order valence-electron chi connectivity index (χ1n) is 7.63. The number of aliphatic hydroxyl groups is 1. The van der Waals surface area contributed by atoms with Gasteiger partial charge >= 0.3 is 11.8 Å². The van der Waals surface area contributed by atoms with E-state index >= 15 is 0 Å². The first-order valence-corrected chi connectivity index (χ1v) is 7.63. The van der Waals surface area contributed by atoms with E-state index in [1.54, 1.807) is 0 Å². The number of amides is 2. The maximum Gasteiger partial charge on any atom is 0.313 e. The summed E-state index contributed by atoms with van der Waals surface area (Å²) in [6, 6.07) is 1.16. The summed E-state index contributed by atoms with van der Waals surface area (Å²) >= 11 is 0. The van der Waals surface area contributed by atoms with E-state index in [-0.39, 0.29) is 24.3 Å². The van der Waals surface area contributed by atoms with Crippen LogP contribution in [0.15, 0.2) is 12.1 Å². The molecule has 8 heteroatoms. The lowest BCUT2D eigenvalue weighted by Crippen LogP contribution is -2.42. The van der Waals surface area contributed by atoms with Crippen molar-refractivity contribution in [3.8, 4) is 0 Å². The van der Waals surface area contributed by atoms with Gasteiger partial charge in [0, 0.05) is 31.0 Å². The molecule has 1 aromatic carbocycles. The molecule has 134 valence electrons. The predicted molar refractivity (Wildman–Crippen MR) is 82.7 cm³/mol. The van der Waals surface area contributed by atoms with Gasteiger partial charge in [0.05, 0.1) is 0 Å². The quantitative estimate of drug-likeness (QED) is 0.524. The van der Waals surface area contributed by atoms with Gasteiger partial charge in [0.25, 0.3) is 0 Å².